The van der Waals surface area contributed by atoms with Gasteiger partial charge >= 0.3 is 11.9 Å². The van der Waals surface area contributed by atoms with Crippen molar-refractivity contribution in [3.63, 3.8) is 0 Å². The molecule has 0 saturated carbocycles. The van der Waals surface area contributed by atoms with Crippen LogP contribution in [0.2, 0.25) is 0 Å². The molecule has 0 aliphatic heterocycles. The van der Waals surface area contributed by atoms with Crippen molar-refractivity contribution in [3.8, 4) is 0 Å². The van der Waals surface area contributed by atoms with Crippen molar-refractivity contribution < 1.29 is 28.8 Å². The largest absolute Gasteiger partial charge is 0.464 e. The number of nitrogens with one attached hydrogen (secondary N) is 1. The lowest BCUT2D eigenvalue weighted by Gasteiger charge is -2.14. The van der Waals surface area contributed by atoms with Crippen molar-refractivity contribution in [2.75, 3.05) is 13.2 Å². The van der Waals surface area contributed by atoms with E-state index in [4.69, 9.17) is 9.47 Å². The van der Waals surface area contributed by atoms with Crippen LogP contribution in [0.5, 0.6) is 0 Å². The summed E-state index contributed by atoms with van der Waals surface area (Å²) < 4.78 is 9.46. The Labute approximate surface area is 143 Å². The van der Waals surface area contributed by atoms with Gasteiger partial charge in [-0.1, -0.05) is 0 Å². The Bertz CT molecular complexity index is 650. The summed E-state index contributed by atoms with van der Waals surface area (Å²) in [4.78, 5) is 45.4. The second-order valence-electron chi connectivity index (χ2n) is 4.63. The lowest BCUT2D eigenvalue weighted by Crippen LogP contribution is -2.47. The number of esters is 2. The van der Waals surface area contributed by atoms with Crippen molar-refractivity contribution >= 4 is 29.6 Å². The van der Waals surface area contributed by atoms with Gasteiger partial charge in [-0.3, -0.25) is 14.9 Å². The summed E-state index contributed by atoms with van der Waals surface area (Å²) >= 11 is 0. The molecule has 0 aromatic heterocycles. The monoisotopic (exact) mass is 350 g/mol. The fraction of sp³-hybridized carbons (Fsp3) is 0.312. The Morgan fingerprint density at radius 2 is 1.64 bits per heavy atom. The molecule has 0 bridgehead atoms. The van der Waals surface area contributed by atoms with Crippen LogP contribution in [0.4, 0.5) is 5.69 Å². The minimum atomic E-state index is -1.56. The summed E-state index contributed by atoms with van der Waals surface area (Å²) in [5.41, 5.74) is 0.454. The van der Waals surface area contributed by atoms with E-state index in [-0.39, 0.29) is 18.9 Å². The molecule has 25 heavy (non-hydrogen) atoms. The van der Waals surface area contributed by atoms with E-state index in [0.717, 1.165) is 6.08 Å². The molecular formula is C16H18N2O7. The van der Waals surface area contributed by atoms with Gasteiger partial charge in [-0.15, -0.1) is 0 Å². The van der Waals surface area contributed by atoms with Crippen LogP contribution in [0.1, 0.15) is 19.4 Å². The summed E-state index contributed by atoms with van der Waals surface area (Å²) in [7, 11) is 0. The maximum Gasteiger partial charge on any atom is 0.340 e. The number of carbonyl (C=O) groups is 3. The highest BCUT2D eigenvalue weighted by Crippen LogP contribution is 2.12. The Kier molecular flexibility index (Phi) is 7.77. The minimum Gasteiger partial charge on any atom is -0.464 e. The molecule has 1 aromatic rings. The van der Waals surface area contributed by atoms with Crippen LogP contribution in [0.3, 0.4) is 0 Å². The van der Waals surface area contributed by atoms with Crippen LogP contribution < -0.4 is 5.32 Å². The van der Waals surface area contributed by atoms with Gasteiger partial charge in [-0.25, -0.2) is 9.59 Å². The van der Waals surface area contributed by atoms with Gasteiger partial charge in [0.2, 0.25) is 11.9 Å². The van der Waals surface area contributed by atoms with Gasteiger partial charge in [0.25, 0.3) is 5.69 Å². The zero-order valence-corrected chi connectivity index (χ0v) is 13.8. The van der Waals surface area contributed by atoms with Gasteiger partial charge in [0, 0.05) is 18.2 Å². The predicted octanol–water partition coefficient (Wildman–Crippen LogP) is 1.22. The number of carbonyl (C=O) groups excluding carboxylic acids is 3. The molecule has 9 heteroatoms. The van der Waals surface area contributed by atoms with Crippen molar-refractivity contribution in [1.29, 1.82) is 0 Å². The second-order valence-corrected chi connectivity index (χ2v) is 4.63. The SMILES string of the molecule is CCOC(=O)C(NC(=O)/C=C/c1ccc([N+](=O)[O-])cc1)C(=O)OCC. The molecule has 0 saturated heterocycles. The van der Waals surface area contributed by atoms with E-state index in [9.17, 15) is 24.5 Å². The smallest absolute Gasteiger partial charge is 0.340 e. The maximum absolute atomic E-state index is 11.9. The molecule has 0 fully saturated rings. The van der Waals surface area contributed by atoms with Crippen LogP contribution in [-0.2, 0) is 23.9 Å². The number of rotatable bonds is 8. The zero-order chi connectivity index (χ0) is 18.8. The lowest BCUT2D eigenvalue weighted by atomic mass is 10.2. The molecule has 0 heterocycles. The first-order valence-corrected chi connectivity index (χ1v) is 7.45. The van der Waals surface area contributed by atoms with E-state index in [1.165, 1.54) is 30.3 Å². The summed E-state index contributed by atoms with van der Waals surface area (Å²) in [6.07, 6.45) is 2.47. The van der Waals surface area contributed by atoms with Crippen molar-refractivity contribution in [2.24, 2.45) is 0 Å². The fourth-order valence-electron chi connectivity index (χ4n) is 1.73. The van der Waals surface area contributed by atoms with Crippen LogP contribution in [0.15, 0.2) is 30.3 Å². The fourth-order valence-corrected chi connectivity index (χ4v) is 1.73. The van der Waals surface area contributed by atoms with Crippen LogP contribution in [0.25, 0.3) is 6.08 Å². The zero-order valence-electron chi connectivity index (χ0n) is 13.8. The van der Waals surface area contributed by atoms with Crippen LogP contribution in [0, 0.1) is 10.1 Å². The normalized spacial score (nSPS) is 10.5. The molecule has 0 atom stereocenters. The predicted molar refractivity (Wildman–Crippen MR) is 87.3 cm³/mol. The summed E-state index contributed by atoms with van der Waals surface area (Å²) in [5.74, 6) is -2.56. The molecule has 1 N–H and O–H groups in total. The lowest BCUT2D eigenvalue weighted by molar-refractivity contribution is -0.384. The number of nitro groups is 1. The number of amides is 1. The van der Waals surface area contributed by atoms with Gasteiger partial charge in [0.1, 0.15) is 0 Å². The topological polar surface area (TPSA) is 125 Å². The molecule has 1 amide bonds. The molecule has 9 nitrogen and oxygen atoms in total. The maximum atomic E-state index is 11.9. The second kappa shape index (κ2) is 9.81. The van der Waals surface area contributed by atoms with Crippen molar-refractivity contribution in [2.45, 2.75) is 19.9 Å². The molecule has 134 valence electrons. The van der Waals surface area contributed by atoms with E-state index >= 15 is 0 Å². The molecule has 0 aliphatic rings. The van der Waals surface area contributed by atoms with Gasteiger partial charge in [0.15, 0.2) is 0 Å². The number of non-ortho nitro benzene ring substituents is 1. The minimum absolute atomic E-state index is 0.0449. The molecule has 0 unspecified atom stereocenters. The quantitative estimate of drug-likeness (QED) is 0.246. The van der Waals surface area contributed by atoms with Gasteiger partial charge in [0.05, 0.1) is 18.1 Å². The van der Waals surface area contributed by atoms with E-state index in [2.05, 4.69) is 5.32 Å². The first kappa shape index (κ1) is 19.8. The van der Waals surface area contributed by atoms with Gasteiger partial charge in [-0.05, 0) is 37.6 Å². The Balaban J connectivity index is 2.77. The van der Waals surface area contributed by atoms with Gasteiger partial charge < -0.3 is 14.8 Å². The molecule has 0 radical (unpaired) electrons. The van der Waals surface area contributed by atoms with E-state index < -0.39 is 28.8 Å². The molecular weight excluding hydrogens is 332 g/mol. The highest BCUT2D eigenvalue weighted by Gasteiger charge is 2.30. The van der Waals surface area contributed by atoms with E-state index in [0.29, 0.717) is 5.56 Å². The third-order valence-electron chi connectivity index (χ3n) is 2.86. The number of ether oxygens (including phenoxy) is 2. The first-order chi connectivity index (χ1) is 11.9. The first-order valence-electron chi connectivity index (χ1n) is 7.45. The highest BCUT2D eigenvalue weighted by atomic mass is 16.6. The van der Waals surface area contributed by atoms with E-state index in [1.54, 1.807) is 13.8 Å². The Morgan fingerprint density at radius 1 is 1.12 bits per heavy atom. The Hall–Kier alpha value is -3.23. The summed E-state index contributed by atoms with van der Waals surface area (Å²) in [6.45, 7) is 3.22. The number of benzene rings is 1. The number of nitro benzene ring substituents is 1. The third-order valence-corrected chi connectivity index (χ3v) is 2.86. The van der Waals surface area contributed by atoms with E-state index in [1.807, 2.05) is 0 Å². The van der Waals surface area contributed by atoms with Crippen LogP contribution in [-0.4, -0.2) is 42.0 Å². The van der Waals surface area contributed by atoms with Crippen LogP contribution >= 0.6 is 0 Å². The standard InChI is InChI=1S/C16H18N2O7/c1-3-24-15(20)14(16(21)25-4-2)17-13(19)10-7-11-5-8-12(9-6-11)18(22)23/h5-10,14H,3-4H2,1-2H3,(H,17,19)/b10-7+. The van der Waals surface area contributed by atoms with Crippen molar-refractivity contribution in [1.82, 2.24) is 5.32 Å². The third kappa shape index (κ3) is 6.42. The highest BCUT2D eigenvalue weighted by molar-refractivity contribution is 6.04. The molecule has 1 aromatic carbocycles. The number of hydrogen-bond acceptors (Lipinski definition) is 7. The average molecular weight is 350 g/mol. The van der Waals surface area contributed by atoms with Gasteiger partial charge in [-0.2, -0.15) is 0 Å². The molecule has 1 rings (SSSR count). The summed E-state index contributed by atoms with van der Waals surface area (Å²) in [5, 5.41) is 12.8. The molecule has 0 spiro atoms. The Morgan fingerprint density at radius 3 is 2.08 bits per heavy atom. The van der Waals surface area contributed by atoms with Crippen molar-refractivity contribution in [3.05, 3.63) is 46.0 Å². The average Bonchev–Trinajstić information content (AvgIpc) is 2.58. The summed E-state index contributed by atoms with van der Waals surface area (Å²) in [6, 6.07) is 3.93. The number of hydrogen-bond donors (Lipinski definition) is 1. The molecule has 0 aliphatic carbocycles. The number of nitrogens with zero attached hydrogens (tertiary/aromatic N) is 1.